The monoisotopic (exact) mass is 231 g/mol. The van der Waals surface area contributed by atoms with Crippen molar-refractivity contribution in [1.29, 1.82) is 0 Å². The first kappa shape index (κ1) is 11.3. The Morgan fingerprint density at radius 3 is 1.94 bits per heavy atom. The maximum Gasteiger partial charge on any atom is 0.149 e. The van der Waals surface area contributed by atoms with Crippen molar-refractivity contribution in [3.8, 4) is 11.1 Å². The van der Waals surface area contributed by atoms with Crippen molar-refractivity contribution < 1.29 is 8.78 Å². The van der Waals surface area contributed by atoms with Crippen LogP contribution in [0.25, 0.3) is 17.2 Å². The molecule has 0 aliphatic rings. The lowest BCUT2D eigenvalue weighted by molar-refractivity contribution is 0.592. The average molecular weight is 231 g/mol. The molecule has 0 atom stereocenters. The molecule has 17 heavy (non-hydrogen) atoms. The second-order valence-corrected chi connectivity index (χ2v) is 3.68. The van der Waals surface area contributed by atoms with Gasteiger partial charge in [0.2, 0.25) is 0 Å². The highest BCUT2D eigenvalue weighted by Crippen LogP contribution is 2.25. The molecule has 0 aliphatic heterocycles. The number of rotatable bonds is 2. The topological polar surface area (TPSA) is 26.0 Å². The number of nitrogen functional groups attached to an aromatic ring is 1. The maximum atomic E-state index is 13.3. The van der Waals surface area contributed by atoms with E-state index in [0.29, 0.717) is 5.56 Å². The van der Waals surface area contributed by atoms with Gasteiger partial charge in [-0.3, -0.25) is 0 Å². The third kappa shape index (κ3) is 2.18. The number of halogens is 2. The molecule has 0 aromatic heterocycles. The van der Waals surface area contributed by atoms with Crippen molar-refractivity contribution in [3.05, 3.63) is 60.2 Å². The zero-order valence-electron chi connectivity index (χ0n) is 9.08. The summed E-state index contributed by atoms with van der Waals surface area (Å²) < 4.78 is 26.6. The van der Waals surface area contributed by atoms with Crippen molar-refractivity contribution in [3.63, 3.8) is 0 Å². The molecule has 0 spiro atoms. The Morgan fingerprint density at radius 2 is 1.47 bits per heavy atom. The van der Waals surface area contributed by atoms with E-state index in [-0.39, 0.29) is 0 Å². The van der Waals surface area contributed by atoms with Crippen LogP contribution in [0, 0.1) is 11.6 Å². The Labute approximate surface area is 98.2 Å². The van der Waals surface area contributed by atoms with Gasteiger partial charge in [0.05, 0.1) is 0 Å². The molecule has 1 nitrogen and oxygen atoms in total. The summed E-state index contributed by atoms with van der Waals surface area (Å²) in [7, 11) is 0. The van der Waals surface area contributed by atoms with E-state index in [0.717, 1.165) is 11.1 Å². The molecule has 0 unspecified atom stereocenters. The minimum atomic E-state index is -0.743. The number of anilines is 1. The molecule has 2 aromatic rings. The van der Waals surface area contributed by atoms with Crippen molar-refractivity contribution in [2.75, 3.05) is 5.73 Å². The first-order chi connectivity index (χ1) is 8.11. The number of benzene rings is 2. The molecule has 2 aromatic carbocycles. The fourth-order valence-electron chi connectivity index (χ4n) is 1.56. The van der Waals surface area contributed by atoms with Gasteiger partial charge in [-0.2, -0.15) is 0 Å². The molecule has 0 amide bonds. The summed E-state index contributed by atoms with van der Waals surface area (Å²) in [6.45, 7) is 3.64. The van der Waals surface area contributed by atoms with Crippen molar-refractivity contribution in [2.45, 2.75) is 0 Å². The minimum absolute atomic E-state index is 0.448. The predicted octanol–water partition coefficient (Wildman–Crippen LogP) is 3.86. The SMILES string of the molecule is C=Cc1ccc(-c2cc(F)c(N)c(F)c2)cc1. The highest BCUT2D eigenvalue weighted by molar-refractivity contribution is 5.67. The van der Waals surface area contributed by atoms with Crippen LogP contribution in [0.1, 0.15) is 5.56 Å². The average Bonchev–Trinajstić information content (AvgIpc) is 2.35. The van der Waals surface area contributed by atoms with E-state index in [9.17, 15) is 8.78 Å². The summed E-state index contributed by atoms with van der Waals surface area (Å²) in [5.74, 6) is -1.49. The van der Waals surface area contributed by atoms with Gasteiger partial charge >= 0.3 is 0 Å². The van der Waals surface area contributed by atoms with Crippen LogP contribution in [0.4, 0.5) is 14.5 Å². The molecule has 3 heteroatoms. The van der Waals surface area contributed by atoms with Gasteiger partial charge in [0.1, 0.15) is 17.3 Å². The van der Waals surface area contributed by atoms with Crippen LogP contribution < -0.4 is 5.73 Å². The third-order valence-electron chi connectivity index (χ3n) is 2.56. The summed E-state index contributed by atoms with van der Waals surface area (Å²) in [5, 5.41) is 0. The van der Waals surface area contributed by atoms with Gasteiger partial charge in [-0.1, -0.05) is 36.9 Å². The van der Waals surface area contributed by atoms with Gasteiger partial charge in [-0.25, -0.2) is 8.78 Å². The normalized spacial score (nSPS) is 10.2. The molecule has 86 valence electrons. The van der Waals surface area contributed by atoms with E-state index in [1.807, 2.05) is 12.1 Å². The second-order valence-electron chi connectivity index (χ2n) is 3.68. The van der Waals surface area contributed by atoms with E-state index in [1.54, 1.807) is 18.2 Å². The van der Waals surface area contributed by atoms with E-state index in [4.69, 9.17) is 5.73 Å². The first-order valence-corrected chi connectivity index (χ1v) is 5.09. The molecule has 0 bridgehead atoms. The molecule has 0 aliphatic carbocycles. The number of nitrogens with two attached hydrogens (primary N) is 1. The summed E-state index contributed by atoms with van der Waals surface area (Å²) in [6.07, 6.45) is 1.70. The fourth-order valence-corrected chi connectivity index (χ4v) is 1.56. The van der Waals surface area contributed by atoms with Gasteiger partial charge in [0.15, 0.2) is 0 Å². The Bertz CT molecular complexity index is 536. The van der Waals surface area contributed by atoms with Crippen molar-refractivity contribution in [2.24, 2.45) is 0 Å². The molecular weight excluding hydrogens is 220 g/mol. The Kier molecular flexibility index (Phi) is 2.91. The van der Waals surface area contributed by atoms with E-state index in [1.165, 1.54) is 12.1 Å². The van der Waals surface area contributed by atoms with Crippen LogP contribution in [0.5, 0.6) is 0 Å². The van der Waals surface area contributed by atoms with Crippen molar-refractivity contribution >= 4 is 11.8 Å². The molecule has 0 fully saturated rings. The van der Waals surface area contributed by atoms with Crippen LogP contribution in [-0.4, -0.2) is 0 Å². The van der Waals surface area contributed by atoms with E-state index in [2.05, 4.69) is 6.58 Å². The molecule has 2 N–H and O–H groups in total. The third-order valence-corrected chi connectivity index (χ3v) is 2.56. The van der Waals surface area contributed by atoms with E-state index < -0.39 is 17.3 Å². The molecule has 0 heterocycles. The lowest BCUT2D eigenvalue weighted by Crippen LogP contribution is -1.96. The zero-order chi connectivity index (χ0) is 12.4. The smallest absolute Gasteiger partial charge is 0.149 e. The summed E-state index contributed by atoms with van der Waals surface area (Å²) >= 11 is 0. The van der Waals surface area contributed by atoms with Gasteiger partial charge in [-0.05, 0) is 28.8 Å². The van der Waals surface area contributed by atoms with Gasteiger partial charge in [0.25, 0.3) is 0 Å². The first-order valence-electron chi connectivity index (χ1n) is 5.09. The highest BCUT2D eigenvalue weighted by Gasteiger charge is 2.08. The predicted molar refractivity (Wildman–Crippen MR) is 66.3 cm³/mol. The lowest BCUT2D eigenvalue weighted by atomic mass is 10.0. The standard InChI is InChI=1S/C14H11F2N/c1-2-9-3-5-10(6-4-9)11-7-12(15)14(17)13(16)8-11/h2-8H,1,17H2. The summed E-state index contributed by atoms with van der Waals surface area (Å²) in [4.78, 5) is 0. The number of hydrogen-bond acceptors (Lipinski definition) is 1. The maximum absolute atomic E-state index is 13.3. The largest absolute Gasteiger partial charge is 0.394 e. The van der Waals surface area contributed by atoms with Crippen molar-refractivity contribution in [1.82, 2.24) is 0 Å². The molecular formula is C14H11F2N. The van der Waals surface area contributed by atoms with Crippen LogP contribution in [0.2, 0.25) is 0 Å². The van der Waals surface area contributed by atoms with Crippen LogP contribution >= 0.6 is 0 Å². The Hall–Kier alpha value is -2.16. The van der Waals surface area contributed by atoms with Crippen LogP contribution in [0.15, 0.2) is 43.0 Å². The zero-order valence-corrected chi connectivity index (χ0v) is 9.08. The quantitative estimate of drug-likeness (QED) is 0.780. The van der Waals surface area contributed by atoms with Gasteiger partial charge in [-0.15, -0.1) is 0 Å². The van der Waals surface area contributed by atoms with Crippen LogP contribution in [-0.2, 0) is 0 Å². The summed E-state index contributed by atoms with van der Waals surface area (Å²) in [5.41, 5.74) is 6.91. The molecule has 0 saturated heterocycles. The minimum Gasteiger partial charge on any atom is -0.394 e. The summed E-state index contributed by atoms with van der Waals surface area (Å²) in [6, 6.07) is 9.66. The molecule has 0 saturated carbocycles. The highest BCUT2D eigenvalue weighted by atomic mass is 19.1. The van der Waals surface area contributed by atoms with Gasteiger partial charge < -0.3 is 5.73 Å². The van der Waals surface area contributed by atoms with E-state index >= 15 is 0 Å². The fraction of sp³-hybridized carbons (Fsp3) is 0. The molecule has 0 radical (unpaired) electrons. The Balaban J connectivity index is 2.49. The van der Waals surface area contributed by atoms with Crippen LogP contribution in [0.3, 0.4) is 0 Å². The lowest BCUT2D eigenvalue weighted by Gasteiger charge is -2.05. The second kappa shape index (κ2) is 4.37. The van der Waals surface area contributed by atoms with Gasteiger partial charge in [0, 0.05) is 0 Å². The Morgan fingerprint density at radius 1 is 0.941 bits per heavy atom. The molecule has 2 rings (SSSR count). The number of hydrogen-bond donors (Lipinski definition) is 1.